The lowest BCUT2D eigenvalue weighted by Gasteiger charge is -2.40. The summed E-state index contributed by atoms with van der Waals surface area (Å²) in [4.78, 5) is 9.53. The summed E-state index contributed by atoms with van der Waals surface area (Å²) in [5, 5.41) is 7.17. The summed E-state index contributed by atoms with van der Waals surface area (Å²) in [6.45, 7) is 7.67. The highest BCUT2D eigenvalue weighted by Crippen LogP contribution is 2.35. The molecule has 3 atom stereocenters. The highest BCUT2D eigenvalue weighted by molar-refractivity contribution is 14.0. The fourth-order valence-electron chi connectivity index (χ4n) is 5.01. The minimum absolute atomic E-state index is 0. The highest BCUT2D eigenvalue weighted by Gasteiger charge is 2.30. The van der Waals surface area contributed by atoms with Crippen molar-refractivity contribution in [3.05, 3.63) is 29.8 Å². The van der Waals surface area contributed by atoms with Gasteiger partial charge in [0.2, 0.25) is 0 Å². The quantitative estimate of drug-likeness (QED) is 0.323. The summed E-state index contributed by atoms with van der Waals surface area (Å²) in [6, 6.07) is 9.63. The molecule has 0 spiro atoms. The van der Waals surface area contributed by atoms with Gasteiger partial charge in [0.25, 0.3) is 0 Å². The first kappa shape index (κ1) is 25.2. The SMILES string of the molecule is CCN1CCCC1CNC(=NC)NCC1CCCN(C)C1c1ccc(OC)cc1.I. The van der Waals surface area contributed by atoms with E-state index in [1.807, 2.05) is 7.05 Å². The van der Waals surface area contributed by atoms with E-state index in [1.54, 1.807) is 7.11 Å². The molecule has 0 bridgehead atoms. The van der Waals surface area contributed by atoms with Crippen LogP contribution in [-0.4, -0.2) is 75.7 Å². The van der Waals surface area contributed by atoms with E-state index in [-0.39, 0.29) is 24.0 Å². The van der Waals surface area contributed by atoms with E-state index in [2.05, 4.69) is 63.7 Å². The predicted molar refractivity (Wildman–Crippen MR) is 136 cm³/mol. The van der Waals surface area contributed by atoms with Gasteiger partial charge in [0, 0.05) is 32.2 Å². The summed E-state index contributed by atoms with van der Waals surface area (Å²) >= 11 is 0. The van der Waals surface area contributed by atoms with Crippen LogP contribution in [0.5, 0.6) is 5.75 Å². The van der Waals surface area contributed by atoms with E-state index in [0.717, 1.165) is 37.9 Å². The number of hydrogen-bond acceptors (Lipinski definition) is 4. The monoisotopic (exact) mass is 529 g/mol. The van der Waals surface area contributed by atoms with E-state index < -0.39 is 0 Å². The number of likely N-dealkylation sites (tertiary alicyclic amines) is 2. The first-order valence-electron chi connectivity index (χ1n) is 11.2. The maximum absolute atomic E-state index is 5.33. The van der Waals surface area contributed by atoms with E-state index >= 15 is 0 Å². The maximum atomic E-state index is 5.33. The smallest absolute Gasteiger partial charge is 0.191 e. The number of guanidine groups is 1. The Labute approximate surface area is 199 Å². The molecule has 2 aliphatic rings. The van der Waals surface area contributed by atoms with Gasteiger partial charge in [0.15, 0.2) is 5.96 Å². The molecule has 2 aliphatic heterocycles. The molecule has 1 aromatic rings. The zero-order chi connectivity index (χ0) is 20.6. The number of ether oxygens (including phenoxy) is 1. The van der Waals surface area contributed by atoms with Crippen LogP contribution < -0.4 is 15.4 Å². The average molecular weight is 530 g/mol. The number of rotatable bonds is 7. The van der Waals surface area contributed by atoms with Crippen molar-refractivity contribution in [2.45, 2.75) is 44.7 Å². The zero-order valence-electron chi connectivity index (χ0n) is 19.1. The van der Waals surface area contributed by atoms with Crippen LogP contribution in [0.15, 0.2) is 29.3 Å². The second-order valence-corrected chi connectivity index (χ2v) is 8.36. The Hall–Kier alpha value is -1.06. The average Bonchev–Trinajstić information content (AvgIpc) is 3.21. The van der Waals surface area contributed by atoms with Gasteiger partial charge in [-0.15, -0.1) is 24.0 Å². The minimum atomic E-state index is 0. The number of aliphatic imine (C=N–C) groups is 1. The molecule has 2 fully saturated rings. The molecule has 0 saturated carbocycles. The number of hydrogen-bond donors (Lipinski definition) is 2. The lowest BCUT2D eigenvalue weighted by molar-refractivity contribution is 0.122. The fraction of sp³-hybridized carbons (Fsp3) is 0.696. The van der Waals surface area contributed by atoms with Crippen LogP contribution in [0.1, 0.15) is 44.2 Å². The third-order valence-electron chi connectivity index (χ3n) is 6.63. The predicted octanol–water partition coefficient (Wildman–Crippen LogP) is 3.35. The van der Waals surface area contributed by atoms with Gasteiger partial charge in [-0.1, -0.05) is 19.1 Å². The third-order valence-corrected chi connectivity index (χ3v) is 6.63. The van der Waals surface area contributed by atoms with Crippen molar-refractivity contribution in [3.8, 4) is 5.75 Å². The Morgan fingerprint density at radius 2 is 1.80 bits per heavy atom. The molecule has 7 heteroatoms. The molecular formula is C23H40IN5O. The highest BCUT2D eigenvalue weighted by atomic mass is 127. The van der Waals surface area contributed by atoms with Gasteiger partial charge < -0.3 is 15.4 Å². The number of likely N-dealkylation sites (N-methyl/N-ethyl adjacent to an activating group) is 1. The Bertz CT molecular complexity index is 653. The molecular weight excluding hydrogens is 489 g/mol. The Balaban J connectivity index is 0.00000320. The summed E-state index contributed by atoms with van der Waals surface area (Å²) in [7, 11) is 5.83. The Morgan fingerprint density at radius 3 is 2.47 bits per heavy atom. The first-order valence-corrected chi connectivity index (χ1v) is 11.2. The van der Waals surface area contributed by atoms with Crippen LogP contribution >= 0.6 is 24.0 Å². The first-order chi connectivity index (χ1) is 14.2. The lowest BCUT2D eigenvalue weighted by atomic mass is 9.85. The Kier molecular flexibility index (Phi) is 10.7. The number of piperidine rings is 1. The lowest BCUT2D eigenvalue weighted by Crippen LogP contribution is -2.47. The molecule has 170 valence electrons. The molecule has 1 aromatic carbocycles. The zero-order valence-corrected chi connectivity index (χ0v) is 21.4. The summed E-state index contributed by atoms with van der Waals surface area (Å²) in [5.74, 6) is 2.40. The fourth-order valence-corrected chi connectivity index (χ4v) is 5.01. The van der Waals surface area contributed by atoms with Gasteiger partial charge in [-0.3, -0.25) is 14.8 Å². The van der Waals surface area contributed by atoms with Crippen molar-refractivity contribution in [2.24, 2.45) is 10.9 Å². The molecule has 3 rings (SSSR count). The molecule has 6 nitrogen and oxygen atoms in total. The molecule has 0 radical (unpaired) electrons. The van der Waals surface area contributed by atoms with Gasteiger partial charge in [-0.05, 0) is 76.0 Å². The summed E-state index contributed by atoms with van der Waals surface area (Å²) in [5.41, 5.74) is 1.37. The number of halogens is 1. The van der Waals surface area contributed by atoms with Crippen LogP contribution in [0.4, 0.5) is 0 Å². The molecule has 3 unspecified atom stereocenters. The molecule has 2 heterocycles. The third kappa shape index (κ3) is 6.47. The van der Waals surface area contributed by atoms with Crippen molar-refractivity contribution in [1.82, 2.24) is 20.4 Å². The summed E-state index contributed by atoms with van der Waals surface area (Å²) in [6.07, 6.45) is 5.07. The molecule has 30 heavy (non-hydrogen) atoms. The van der Waals surface area contributed by atoms with Crippen LogP contribution in [0.3, 0.4) is 0 Å². The van der Waals surface area contributed by atoms with E-state index in [1.165, 1.54) is 37.8 Å². The van der Waals surface area contributed by atoms with Gasteiger partial charge >= 0.3 is 0 Å². The van der Waals surface area contributed by atoms with Crippen LogP contribution in [-0.2, 0) is 0 Å². The van der Waals surface area contributed by atoms with Crippen LogP contribution in [0, 0.1) is 5.92 Å². The van der Waals surface area contributed by atoms with Crippen molar-refractivity contribution in [1.29, 1.82) is 0 Å². The van der Waals surface area contributed by atoms with Gasteiger partial charge in [0.1, 0.15) is 5.75 Å². The molecule has 0 aromatic heterocycles. The molecule has 0 amide bonds. The van der Waals surface area contributed by atoms with Crippen LogP contribution in [0.2, 0.25) is 0 Å². The number of nitrogens with one attached hydrogen (secondary N) is 2. The van der Waals surface area contributed by atoms with Crippen molar-refractivity contribution in [3.63, 3.8) is 0 Å². The number of methoxy groups -OCH3 is 1. The summed E-state index contributed by atoms with van der Waals surface area (Å²) < 4.78 is 5.33. The molecule has 2 saturated heterocycles. The second kappa shape index (κ2) is 12.7. The standard InChI is InChI=1S/C23H39N5O.HI/c1-5-28-15-7-9-20(28)17-26-23(24-2)25-16-19-8-6-14-27(3)22(19)18-10-12-21(29-4)13-11-18;/h10-13,19-20,22H,5-9,14-17H2,1-4H3,(H2,24,25,26);1H. The van der Waals surface area contributed by atoms with Crippen molar-refractivity contribution < 1.29 is 4.74 Å². The van der Waals surface area contributed by atoms with Crippen LogP contribution in [0.25, 0.3) is 0 Å². The largest absolute Gasteiger partial charge is 0.497 e. The molecule has 0 aliphatic carbocycles. The molecule has 2 N–H and O–H groups in total. The number of nitrogens with zero attached hydrogens (tertiary/aromatic N) is 3. The topological polar surface area (TPSA) is 52.1 Å². The minimum Gasteiger partial charge on any atom is -0.497 e. The second-order valence-electron chi connectivity index (χ2n) is 8.36. The van der Waals surface area contributed by atoms with E-state index in [9.17, 15) is 0 Å². The van der Waals surface area contributed by atoms with Gasteiger partial charge in [0.05, 0.1) is 7.11 Å². The van der Waals surface area contributed by atoms with Crippen molar-refractivity contribution >= 4 is 29.9 Å². The van der Waals surface area contributed by atoms with E-state index in [4.69, 9.17) is 4.74 Å². The van der Waals surface area contributed by atoms with Gasteiger partial charge in [-0.2, -0.15) is 0 Å². The maximum Gasteiger partial charge on any atom is 0.191 e. The Morgan fingerprint density at radius 1 is 1.10 bits per heavy atom. The normalized spacial score (nSPS) is 25.6. The van der Waals surface area contributed by atoms with Crippen molar-refractivity contribution in [2.75, 3.05) is 53.9 Å². The number of benzene rings is 1. The van der Waals surface area contributed by atoms with Gasteiger partial charge in [-0.25, -0.2) is 0 Å². The van der Waals surface area contributed by atoms with E-state index in [0.29, 0.717) is 18.0 Å².